The molecule has 3 aromatic carbocycles. The highest BCUT2D eigenvalue weighted by Gasteiger charge is 2.13. The Morgan fingerprint density at radius 3 is 2.40 bits per heavy atom. The number of hydrogen-bond donors (Lipinski definition) is 1. The van der Waals surface area contributed by atoms with E-state index in [-0.39, 0.29) is 18.7 Å². The molecule has 3 aromatic rings. The van der Waals surface area contributed by atoms with Gasteiger partial charge in [-0.15, -0.1) is 0 Å². The summed E-state index contributed by atoms with van der Waals surface area (Å²) in [6.07, 6.45) is 1.49. The Balaban J connectivity index is 1.71. The molecule has 3 rings (SSSR count). The summed E-state index contributed by atoms with van der Waals surface area (Å²) in [6, 6.07) is 19.8. The molecule has 7 nitrogen and oxygen atoms in total. The molecule has 180 valence electrons. The van der Waals surface area contributed by atoms with Gasteiger partial charge in [0.1, 0.15) is 29.7 Å². The largest absolute Gasteiger partial charge is 0.497 e. The normalized spacial score (nSPS) is 10.8. The van der Waals surface area contributed by atoms with Crippen LogP contribution in [-0.2, 0) is 17.9 Å². The molecule has 0 radical (unpaired) electrons. The minimum Gasteiger partial charge on any atom is -0.497 e. The molecule has 0 spiro atoms. The van der Waals surface area contributed by atoms with Crippen LogP contribution in [-0.4, -0.2) is 27.2 Å². The third-order valence-corrected chi connectivity index (χ3v) is 5.51. The lowest BCUT2D eigenvalue weighted by Gasteiger charge is -2.12. The van der Waals surface area contributed by atoms with Crippen molar-refractivity contribution in [3.8, 4) is 29.1 Å². The topological polar surface area (TPSA) is 89.8 Å². The van der Waals surface area contributed by atoms with Crippen molar-refractivity contribution in [1.82, 2.24) is 5.32 Å². The van der Waals surface area contributed by atoms with Crippen LogP contribution < -0.4 is 24.3 Å². The second-order valence-electron chi connectivity index (χ2n) is 7.32. The fourth-order valence-corrected chi connectivity index (χ4v) is 3.44. The van der Waals surface area contributed by atoms with Crippen molar-refractivity contribution in [1.29, 1.82) is 5.26 Å². The quantitative estimate of drug-likeness (QED) is 0.310. The van der Waals surface area contributed by atoms with Crippen LogP contribution in [0, 0.1) is 11.3 Å². The number of amides is 1. The first-order valence-corrected chi connectivity index (χ1v) is 11.0. The molecule has 0 saturated carbocycles. The van der Waals surface area contributed by atoms with Crippen molar-refractivity contribution < 1.29 is 23.7 Å². The second-order valence-corrected chi connectivity index (χ2v) is 7.73. The molecular weight excluding hydrogens is 468 g/mol. The van der Waals surface area contributed by atoms with E-state index in [0.29, 0.717) is 33.6 Å². The molecule has 0 aliphatic carbocycles. The van der Waals surface area contributed by atoms with Gasteiger partial charge >= 0.3 is 0 Å². The van der Waals surface area contributed by atoms with Crippen molar-refractivity contribution >= 4 is 23.6 Å². The Morgan fingerprint density at radius 2 is 1.71 bits per heavy atom. The van der Waals surface area contributed by atoms with Crippen molar-refractivity contribution in [2.75, 3.05) is 21.3 Å². The fourth-order valence-electron chi connectivity index (χ4n) is 3.25. The molecule has 35 heavy (non-hydrogen) atoms. The number of benzene rings is 3. The molecule has 0 bridgehead atoms. The number of nitrogens with one attached hydrogen (secondary N) is 1. The van der Waals surface area contributed by atoms with Crippen LogP contribution in [0.1, 0.15) is 16.7 Å². The third kappa shape index (κ3) is 6.69. The van der Waals surface area contributed by atoms with Crippen LogP contribution in [0.3, 0.4) is 0 Å². The summed E-state index contributed by atoms with van der Waals surface area (Å²) in [5.41, 5.74) is 2.16. The van der Waals surface area contributed by atoms with Gasteiger partial charge in [0.05, 0.1) is 21.3 Å². The van der Waals surface area contributed by atoms with Gasteiger partial charge in [-0.2, -0.15) is 5.26 Å². The van der Waals surface area contributed by atoms with Gasteiger partial charge in [0.2, 0.25) is 0 Å². The zero-order chi connectivity index (χ0) is 25.2. The van der Waals surface area contributed by atoms with E-state index in [4.69, 9.17) is 30.5 Å². The number of nitrogens with zero attached hydrogens (tertiary/aromatic N) is 1. The summed E-state index contributed by atoms with van der Waals surface area (Å²) in [5, 5.41) is 12.9. The van der Waals surface area contributed by atoms with E-state index in [0.717, 1.165) is 11.1 Å². The molecule has 0 aromatic heterocycles. The number of hydrogen-bond acceptors (Lipinski definition) is 6. The third-order valence-electron chi connectivity index (χ3n) is 5.14. The molecule has 0 fully saturated rings. The minimum atomic E-state index is -0.511. The van der Waals surface area contributed by atoms with E-state index < -0.39 is 5.91 Å². The minimum absolute atomic E-state index is 0.0516. The van der Waals surface area contributed by atoms with Gasteiger partial charge < -0.3 is 24.3 Å². The molecule has 0 unspecified atom stereocenters. The second kappa shape index (κ2) is 12.4. The van der Waals surface area contributed by atoms with Crippen LogP contribution in [0.25, 0.3) is 6.08 Å². The predicted molar refractivity (Wildman–Crippen MR) is 134 cm³/mol. The Bertz CT molecular complexity index is 1270. The Morgan fingerprint density at radius 1 is 0.943 bits per heavy atom. The predicted octanol–water partition coefficient (Wildman–Crippen LogP) is 5.17. The van der Waals surface area contributed by atoms with Gasteiger partial charge in [-0.25, -0.2) is 0 Å². The number of halogens is 1. The lowest BCUT2D eigenvalue weighted by molar-refractivity contribution is -0.117. The highest BCUT2D eigenvalue weighted by Crippen LogP contribution is 2.30. The molecule has 1 N–H and O–H groups in total. The highest BCUT2D eigenvalue weighted by molar-refractivity contribution is 6.31. The average Bonchev–Trinajstić information content (AvgIpc) is 2.89. The highest BCUT2D eigenvalue weighted by atomic mass is 35.5. The van der Waals surface area contributed by atoms with E-state index in [1.165, 1.54) is 20.3 Å². The van der Waals surface area contributed by atoms with E-state index in [1.807, 2.05) is 24.3 Å². The first-order chi connectivity index (χ1) is 17.0. The summed E-state index contributed by atoms with van der Waals surface area (Å²) in [4.78, 5) is 12.7. The SMILES string of the molecule is COc1ccc(CNC(=O)/C(C#N)=C/c2ccc(OCc3ccccc3Cl)c(OC)c2)c(OC)c1. The van der Waals surface area contributed by atoms with Crippen LogP contribution in [0.15, 0.2) is 66.2 Å². The maximum absolute atomic E-state index is 12.7. The average molecular weight is 493 g/mol. The molecule has 0 saturated heterocycles. The number of carbonyl (C=O) groups is 1. The first kappa shape index (κ1) is 25.5. The van der Waals surface area contributed by atoms with Gasteiger partial charge in [-0.05, 0) is 42.0 Å². The van der Waals surface area contributed by atoms with Crippen molar-refractivity contribution in [3.05, 3.63) is 87.9 Å². The number of ether oxygens (including phenoxy) is 4. The number of nitriles is 1. The van der Waals surface area contributed by atoms with E-state index in [1.54, 1.807) is 49.6 Å². The van der Waals surface area contributed by atoms with Gasteiger partial charge in [-0.1, -0.05) is 35.9 Å². The standard InChI is InChI=1S/C27H25ClN2O5/c1-32-22-10-9-19(25(14-22)33-2)16-30-27(31)21(15-29)12-18-8-11-24(26(13-18)34-3)35-17-20-6-4-5-7-23(20)28/h4-14H,16-17H2,1-3H3,(H,30,31)/b21-12+. The summed E-state index contributed by atoms with van der Waals surface area (Å²) in [5.74, 6) is 1.68. The Labute approximate surface area is 209 Å². The zero-order valence-electron chi connectivity index (χ0n) is 19.6. The first-order valence-electron chi connectivity index (χ1n) is 10.6. The van der Waals surface area contributed by atoms with Gasteiger partial charge in [0.25, 0.3) is 5.91 Å². The van der Waals surface area contributed by atoms with Crippen molar-refractivity contribution in [2.24, 2.45) is 0 Å². The van der Waals surface area contributed by atoms with Crippen LogP contribution in [0.4, 0.5) is 0 Å². The molecule has 0 aliphatic rings. The van der Waals surface area contributed by atoms with Crippen molar-refractivity contribution in [3.63, 3.8) is 0 Å². The molecule has 0 atom stereocenters. The fraction of sp³-hybridized carbons (Fsp3) is 0.185. The Hall–Kier alpha value is -4.15. The van der Waals surface area contributed by atoms with Crippen molar-refractivity contribution in [2.45, 2.75) is 13.2 Å². The molecule has 1 amide bonds. The van der Waals surface area contributed by atoms with Gasteiger partial charge in [-0.3, -0.25) is 4.79 Å². The summed E-state index contributed by atoms with van der Waals surface area (Å²) in [6.45, 7) is 0.453. The monoisotopic (exact) mass is 492 g/mol. The summed E-state index contributed by atoms with van der Waals surface area (Å²) < 4.78 is 21.8. The van der Waals surface area contributed by atoms with Crippen LogP contribution in [0.2, 0.25) is 5.02 Å². The summed E-state index contributed by atoms with van der Waals surface area (Å²) >= 11 is 6.19. The van der Waals surface area contributed by atoms with Crippen LogP contribution in [0.5, 0.6) is 23.0 Å². The number of carbonyl (C=O) groups excluding carboxylic acids is 1. The maximum atomic E-state index is 12.7. The smallest absolute Gasteiger partial charge is 0.262 e. The van der Waals surface area contributed by atoms with E-state index >= 15 is 0 Å². The number of methoxy groups -OCH3 is 3. The molecular formula is C27H25ClN2O5. The van der Waals surface area contributed by atoms with Crippen LogP contribution >= 0.6 is 11.6 Å². The lowest BCUT2D eigenvalue weighted by atomic mass is 10.1. The van der Waals surface area contributed by atoms with E-state index in [2.05, 4.69) is 5.32 Å². The lowest BCUT2D eigenvalue weighted by Crippen LogP contribution is -2.24. The summed E-state index contributed by atoms with van der Waals surface area (Å²) in [7, 11) is 4.62. The molecule has 0 aliphatic heterocycles. The van der Waals surface area contributed by atoms with Gasteiger partial charge in [0.15, 0.2) is 11.5 Å². The number of rotatable bonds is 10. The molecule has 8 heteroatoms. The van der Waals surface area contributed by atoms with E-state index in [9.17, 15) is 10.1 Å². The molecule has 0 heterocycles. The van der Waals surface area contributed by atoms with Gasteiger partial charge in [0, 0.05) is 28.8 Å². The zero-order valence-corrected chi connectivity index (χ0v) is 20.4. The Kier molecular flexibility index (Phi) is 8.99. The maximum Gasteiger partial charge on any atom is 0.262 e.